The molecule has 0 saturated heterocycles. The summed E-state index contributed by atoms with van der Waals surface area (Å²) in [6, 6.07) is 5.62. The molecule has 0 saturated carbocycles. The molecule has 1 aromatic rings. The molecule has 0 bridgehead atoms. The Bertz CT molecular complexity index is 374. The summed E-state index contributed by atoms with van der Waals surface area (Å²) >= 11 is 0. The average Bonchev–Trinajstić information content (AvgIpc) is 2.56. The fraction of sp³-hybridized carbons (Fsp3) is 0.667. The number of benzene rings is 1. The fourth-order valence-electron chi connectivity index (χ4n) is 2.36. The number of hydrogen-bond donors (Lipinski definition) is 1. The first-order chi connectivity index (χ1) is 10.8. The Hall–Kier alpha value is -1.42. The van der Waals surface area contributed by atoms with Gasteiger partial charge in [-0.05, 0) is 19.4 Å². The zero-order valence-electron chi connectivity index (χ0n) is 14.1. The normalized spacial score (nSPS) is 10.5. The van der Waals surface area contributed by atoms with Crippen LogP contribution in [0.2, 0.25) is 0 Å². The third kappa shape index (κ3) is 8.13. The Labute approximate surface area is 134 Å². The van der Waals surface area contributed by atoms with Gasteiger partial charge in [-0.2, -0.15) is 0 Å². The van der Waals surface area contributed by atoms with Gasteiger partial charge in [0.1, 0.15) is 17.2 Å². The summed E-state index contributed by atoms with van der Waals surface area (Å²) in [6.07, 6.45) is 9.99. The lowest BCUT2D eigenvalue weighted by Crippen LogP contribution is -1.98. The van der Waals surface area contributed by atoms with Crippen LogP contribution in [0.5, 0.6) is 17.2 Å². The maximum Gasteiger partial charge on any atom is 0.126 e. The molecule has 2 N–H and O–H groups in total. The lowest BCUT2D eigenvalue weighted by Gasteiger charge is -2.10. The number of nitrogens with two attached hydrogens (primary N) is 1. The molecule has 0 amide bonds. The Kier molecular flexibility index (Phi) is 10.3. The lowest BCUT2D eigenvalue weighted by molar-refractivity contribution is 0.299. The molecule has 1 rings (SSSR count). The summed E-state index contributed by atoms with van der Waals surface area (Å²) in [5.41, 5.74) is 5.48. The number of rotatable bonds is 13. The van der Waals surface area contributed by atoms with Crippen LogP contribution in [0.25, 0.3) is 0 Å². The molecule has 0 fully saturated rings. The molecule has 0 unspecified atom stereocenters. The molecule has 0 spiro atoms. The zero-order valence-corrected chi connectivity index (χ0v) is 14.1. The average molecular weight is 309 g/mol. The highest BCUT2D eigenvalue weighted by Crippen LogP contribution is 2.27. The highest BCUT2D eigenvalue weighted by Gasteiger charge is 2.02. The van der Waals surface area contributed by atoms with Gasteiger partial charge in [0.05, 0.1) is 20.8 Å². The predicted molar refractivity (Wildman–Crippen MR) is 91.0 cm³/mol. The molecule has 0 aliphatic heterocycles. The van der Waals surface area contributed by atoms with Gasteiger partial charge in [0.2, 0.25) is 0 Å². The van der Waals surface area contributed by atoms with Gasteiger partial charge in [0.25, 0.3) is 0 Å². The predicted octanol–water partition coefficient (Wildman–Crippen LogP) is 4.16. The van der Waals surface area contributed by atoms with Gasteiger partial charge in [-0.1, -0.05) is 38.5 Å². The van der Waals surface area contributed by atoms with E-state index in [4.69, 9.17) is 19.9 Å². The molecule has 0 aromatic heterocycles. The standard InChI is InChI=1S/C18H31NO3/c1-20-16-13-17(21-2)15-18(14-16)22-12-10-8-6-4-3-5-7-9-11-19/h13-15H,3-12,19H2,1-2H3. The highest BCUT2D eigenvalue weighted by atomic mass is 16.5. The van der Waals surface area contributed by atoms with E-state index in [2.05, 4.69) is 0 Å². The summed E-state index contributed by atoms with van der Waals surface area (Å²) in [7, 11) is 3.29. The van der Waals surface area contributed by atoms with E-state index < -0.39 is 0 Å². The Balaban J connectivity index is 2.09. The Morgan fingerprint density at radius 2 is 1.14 bits per heavy atom. The first-order valence-corrected chi connectivity index (χ1v) is 8.36. The van der Waals surface area contributed by atoms with Gasteiger partial charge in [-0.25, -0.2) is 0 Å². The molecule has 4 heteroatoms. The van der Waals surface area contributed by atoms with Gasteiger partial charge in [0, 0.05) is 18.2 Å². The van der Waals surface area contributed by atoms with Crippen LogP contribution >= 0.6 is 0 Å². The van der Waals surface area contributed by atoms with Crippen LogP contribution in [0.15, 0.2) is 18.2 Å². The smallest absolute Gasteiger partial charge is 0.126 e. The number of ether oxygens (including phenoxy) is 3. The van der Waals surface area contributed by atoms with E-state index in [-0.39, 0.29) is 0 Å². The minimum atomic E-state index is 0.740. The number of hydrogen-bond acceptors (Lipinski definition) is 4. The zero-order chi connectivity index (χ0) is 16.0. The van der Waals surface area contributed by atoms with Crippen LogP contribution in [0.1, 0.15) is 51.4 Å². The minimum absolute atomic E-state index is 0.740. The largest absolute Gasteiger partial charge is 0.496 e. The Morgan fingerprint density at radius 1 is 0.682 bits per heavy atom. The van der Waals surface area contributed by atoms with Crippen LogP contribution in [0.4, 0.5) is 0 Å². The molecular formula is C18H31NO3. The third-order valence-corrected chi connectivity index (χ3v) is 3.69. The second-order valence-corrected chi connectivity index (χ2v) is 5.51. The second-order valence-electron chi connectivity index (χ2n) is 5.51. The molecule has 0 aliphatic rings. The topological polar surface area (TPSA) is 53.7 Å². The summed E-state index contributed by atoms with van der Waals surface area (Å²) in [6.45, 7) is 1.57. The van der Waals surface area contributed by atoms with Crippen molar-refractivity contribution in [2.24, 2.45) is 5.73 Å². The van der Waals surface area contributed by atoms with Crippen LogP contribution in [0.3, 0.4) is 0 Å². The van der Waals surface area contributed by atoms with E-state index in [1.165, 1.54) is 38.5 Å². The van der Waals surface area contributed by atoms with E-state index in [9.17, 15) is 0 Å². The molecule has 4 nitrogen and oxygen atoms in total. The Morgan fingerprint density at radius 3 is 1.64 bits per heavy atom. The van der Waals surface area contributed by atoms with E-state index in [0.717, 1.165) is 43.2 Å². The van der Waals surface area contributed by atoms with Crippen molar-refractivity contribution in [3.05, 3.63) is 18.2 Å². The first-order valence-electron chi connectivity index (χ1n) is 8.36. The molecule has 0 aliphatic carbocycles. The molecule has 0 heterocycles. The van der Waals surface area contributed by atoms with Crippen molar-refractivity contribution in [2.75, 3.05) is 27.4 Å². The highest BCUT2D eigenvalue weighted by molar-refractivity contribution is 5.41. The van der Waals surface area contributed by atoms with Crippen LogP contribution < -0.4 is 19.9 Å². The molecular weight excluding hydrogens is 278 g/mol. The summed E-state index contributed by atoms with van der Waals surface area (Å²) in [5, 5.41) is 0. The molecule has 1 aromatic carbocycles. The number of unbranched alkanes of at least 4 members (excludes halogenated alkanes) is 7. The maximum atomic E-state index is 5.78. The molecule has 0 atom stereocenters. The van der Waals surface area contributed by atoms with Crippen molar-refractivity contribution in [1.29, 1.82) is 0 Å². The molecule has 126 valence electrons. The van der Waals surface area contributed by atoms with Crippen molar-refractivity contribution in [1.82, 2.24) is 0 Å². The SMILES string of the molecule is COc1cc(OC)cc(OCCCCCCCCCCN)c1. The van der Waals surface area contributed by atoms with E-state index in [1.807, 2.05) is 18.2 Å². The first kappa shape index (κ1) is 18.6. The second kappa shape index (κ2) is 12.2. The van der Waals surface area contributed by atoms with Crippen molar-refractivity contribution < 1.29 is 14.2 Å². The van der Waals surface area contributed by atoms with Crippen molar-refractivity contribution in [3.63, 3.8) is 0 Å². The molecule has 0 radical (unpaired) electrons. The third-order valence-electron chi connectivity index (χ3n) is 3.69. The maximum absolute atomic E-state index is 5.78. The van der Waals surface area contributed by atoms with Crippen LogP contribution in [-0.4, -0.2) is 27.4 Å². The van der Waals surface area contributed by atoms with E-state index in [1.54, 1.807) is 14.2 Å². The van der Waals surface area contributed by atoms with Gasteiger partial charge in [-0.15, -0.1) is 0 Å². The summed E-state index contributed by atoms with van der Waals surface area (Å²) in [5.74, 6) is 2.32. The lowest BCUT2D eigenvalue weighted by atomic mass is 10.1. The summed E-state index contributed by atoms with van der Waals surface area (Å²) in [4.78, 5) is 0. The van der Waals surface area contributed by atoms with Crippen LogP contribution in [-0.2, 0) is 0 Å². The van der Waals surface area contributed by atoms with Crippen molar-refractivity contribution in [3.8, 4) is 17.2 Å². The van der Waals surface area contributed by atoms with Crippen LogP contribution in [0, 0.1) is 0 Å². The molecule has 22 heavy (non-hydrogen) atoms. The van der Waals surface area contributed by atoms with Gasteiger partial charge < -0.3 is 19.9 Å². The van der Waals surface area contributed by atoms with Crippen molar-refractivity contribution >= 4 is 0 Å². The number of methoxy groups -OCH3 is 2. The van der Waals surface area contributed by atoms with E-state index >= 15 is 0 Å². The monoisotopic (exact) mass is 309 g/mol. The summed E-state index contributed by atoms with van der Waals surface area (Å²) < 4.78 is 16.2. The van der Waals surface area contributed by atoms with Crippen molar-refractivity contribution in [2.45, 2.75) is 51.4 Å². The quantitative estimate of drug-likeness (QED) is 0.556. The van der Waals surface area contributed by atoms with Gasteiger partial charge in [-0.3, -0.25) is 0 Å². The van der Waals surface area contributed by atoms with E-state index in [0.29, 0.717) is 0 Å². The minimum Gasteiger partial charge on any atom is -0.496 e. The van der Waals surface area contributed by atoms with Gasteiger partial charge in [0.15, 0.2) is 0 Å². The fourth-order valence-corrected chi connectivity index (χ4v) is 2.36. The van der Waals surface area contributed by atoms with Gasteiger partial charge >= 0.3 is 0 Å².